The van der Waals surface area contributed by atoms with Crippen LogP contribution in [0.5, 0.6) is 0 Å². The first-order chi connectivity index (χ1) is 16.2. The average molecular weight is 563 g/mol. The molecule has 0 aliphatic heterocycles. The molecule has 0 heterocycles. The van der Waals surface area contributed by atoms with Crippen molar-refractivity contribution in [3.05, 3.63) is 62.6 Å². The van der Waals surface area contributed by atoms with E-state index in [1.807, 2.05) is 13.8 Å². The summed E-state index contributed by atoms with van der Waals surface area (Å²) in [5, 5.41) is 3.92. The number of sulfonamides is 1. The van der Waals surface area contributed by atoms with E-state index in [4.69, 9.17) is 34.8 Å². The van der Waals surface area contributed by atoms with Crippen LogP contribution in [0.2, 0.25) is 15.1 Å². The molecule has 7 nitrogen and oxygen atoms in total. The summed E-state index contributed by atoms with van der Waals surface area (Å²) in [7, 11) is -3.85. The van der Waals surface area contributed by atoms with Crippen molar-refractivity contribution >= 4 is 62.3 Å². The van der Waals surface area contributed by atoms with Gasteiger partial charge >= 0.3 is 0 Å². The van der Waals surface area contributed by atoms with Gasteiger partial charge in [0, 0.05) is 33.7 Å². The molecule has 0 spiro atoms. The molecule has 0 aliphatic rings. The molecule has 2 rings (SSSR count). The summed E-state index contributed by atoms with van der Waals surface area (Å²) in [5.41, 5.74) is 1.36. The van der Waals surface area contributed by atoms with Gasteiger partial charge in [0.15, 0.2) is 0 Å². The van der Waals surface area contributed by atoms with E-state index in [9.17, 15) is 18.0 Å². The molecule has 0 saturated heterocycles. The number of carbonyl (C=O) groups is 2. The number of rotatable bonds is 10. The summed E-state index contributed by atoms with van der Waals surface area (Å²) in [6.07, 6.45) is 1.02. The minimum atomic E-state index is -3.85. The Morgan fingerprint density at radius 3 is 2.14 bits per heavy atom. The molecule has 2 aromatic rings. The highest BCUT2D eigenvalue weighted by atomic mass is 35.5. The molecule has 1 N–H and O–H groups in total. The number of amides is 2. The first-order valence-corrected chi connectivity index (χ1v) is 13.9. The summed E-state index contributed by atoms with van der Waals surface area (Å²) >= 11 is 18.7. The lowest BCUT2D eigenvalue weighted by Crippen LogP contribution is -2.51. The zero-order valence-corrected chi connectivity index (χ0v) is 23.4. The van der Waals surface area contributed by atoms with E-state index in [0.29, 0.717) is 38.4 Å². The van der Waals surface area contributed by atoms with Crippen molar-refractivity contribution in [3.8, 4) is 0 Å². The molecule has 2 amide bonds. The molecule has 0 bridgehead atoms. The van der Waals surface area contributed by atoms with Crippen LogP contribution in [-0.4, -0.2) is 50.5 Å². The number of hydrogen-bond donors (Lipinski definition) is 1. The Bertz CT molecular complexity index is 1170. The third-order valence-corrected chi connectivity index (χ3v) is 7.42. The lowest BCUT2D eigenvalue weighted by molar-refractivity contribution is -0.139. The maximum absolute atomic E-state index is 13.6. The van der Waals surface area contributed by atoms with Gasteiger partial charge < -0.3 is 10.2 Å². The van der Waals surface area contributed by atoms with Gasteiger partial charge in [-0.2, -0.15) is 0 Å². The van der Waals surface area contributed by atoms with Crippen molar-refractivity contribution in [2.45, 2.75) is 40.3 Å². The van der Waals surface area contributed by atoms with Crippen molar-refractivity contribution in [2.24, 2.45) is 5.92 Å². The minimum absolute atomic E-state index is 0.0786. The molecule has 0 saturated carbocycles. The van der Waals surface area contributed by atoms with Crippen molar-refractivity contribution in [2.75, 3.05) is 23.7 Å². The number of aryl methyl sites for hydroxylation is 1. The van der Waals surface area contributed by atoms with Crippen molar-refractivity contribution in [1.29, 1.82) is 0 Å². The third-order valence-electron chi connectivity index (χ3n) is 5.35. The quantitative estimate of drug-likeness (QED) is 0.446. The minimum Gasteiger partial charge on any atom is -0.354 e. The zero-order chi connectivity index (χ0) is 26.5. The van der Waals surface area contributed by atoms with Crippen LogP contribution in [0.25, 0.3) is 0 Å². The number of halogens is 3. The Hall–Kier alpha value is -2.00. The van der Waals surface area contributed by atoms with E-state index in [1.54, 1.807) is 50.2 Å². The maximum Gasteiger partial charge on any atom is 0.244 e. The molecular formula is C24H30Cl3N3O4S. The van der Waals surface area contributed by atoms with Crippen LogP contribution < -0.4 is 9.62 Å². The van der Waals surface area contributed by atoms with Gasteiger partial charge in [0.25, 0.3) is 0 Å². The molecule has 1 atom stereocenters. The molecule has 0 unspecified atom stereocenters. The molecular weight excluding hydrogens is 533 g/mol. The molecule has 192 valence electrons. The fourth-order valence-corrected chi connectivity index (χ4v) is 5.03. The fraction of sp³-hybridized carbons (Fsp3) is 0.417. The lowest BCUT2D eigenvalue weighted by Gasteiger charge is -2.32. The van der Waals surface area contributed by atoms with E-state index in [0.717, 1.165) is 10.6 Å². The lowest BCUT2D eigenvalue weighted by atomic mass is 10.1. The monoisotopic (exact) mass is 561 g/mol. The number of carbonyl (C=O) groups excluding carboxylic acids is 2. The van der Waals surface area contributed by atoms with E-state index in [1.165, 1.54) is 4.90 Å². The number of anilines is 1. The first kappa shape index (κ1) is 29.2. The molecule has 35 heavy (non-hydrogen) atoms. The molecule has 11 heteroatoms. The van der Waals surface area contributed by atoms with Crippen LogP contribution in [0, 0.1) is 12.8 Å². The van der Waals surface area contributed by atoms with Gasteiger partial charge in [0.2, 0.25) is 21.8 Å². The standard InChI is InChI=1S/C24H30Cl3N3O4S/c1-15(2)12-28-24(32)17(4)29(13-19-20(26)7-6-8-21(19)27)23(31)14-30(35(5,33)34)22-10-9-18(25)11-16(22)3/h6-11,15,17H,12-14H2,1-5H3,(H,28,32)/t17-/m1/s1. The molecule has 0 aromatic heterocycles. The summed E-state index contributed by atoms with van der Waals surface area (Å²) in [6.45, 7) is 7.02. The number of nitrogens with one attached hydrogen (secondary N) is 1. The Morgan fingerprint density at radius 2 is 1.63 bits per heavy atom. The van der Waals surface area contributed by atoms with Crippen LogP contribution in [0.15, 0.2) is 36.4 Å². The summed E-state index contributed by atoms with van der Waals surface area (Å²) in [6, 6.07) is 8.73. The number of benzene rings is 2. The van der Waals surface area contributed by atoms with E-state index in [-0.39, 0.29) is 18.4 Å². The second-order valence-corrected chi connectivity index (χ2v) is 11.9. The van der Waals surface area contributed by atoms with Crippen molar-refractivity contribution in [3.63, 3.8) is 0 Å². The molecule has 0 fully saturated rings. The average Bonchev–Trinajstić information content (AvgIpc) is 2.74. The number of hydrogen-bond acceptors (Lipinski definition) is 4. The van der Waals surface area contributed by atoms with Crippen LogP contribution in [0.3, 0.4) is 0 Å². The van der Waals surface area contributed by atoms with Gasteiger partial charge in [-0.15, -0.1) is 0 Å². The van der Waals surface area contributed by atoms with Crippen LogP contribution in [-0.2, 0) is 26.2 Å². The Labute approximate surface area is 222 Å². The highest BCUT2D eigenvalue weighted by Crippen LogP contribution is 2.28. The zero-order valence-electron chi connectivity index (χ0n) is 20.3. The van der Waals surface area contributed by atoms with Gasteiger partial charge in [0.1, 0.15) is 12.6 Å². The highest BCUT2D eigenvalue weighted by Gasteiger charge is 2.31. The van der Waals surface area contributed by atoms with E-state index < -0.39 is 28.5 Å². The second-order valence-electron chi connectivity index (χ2n) is 8.74. The van der Waals surface area contributed by atoms with Gasteiger partial charge in [-0.25, -0.2) is 8.42 Å². The molecule has 2 aromatic carbocycles. The van der Waals surface area contributed by atoms with Gasteiger partial charge in [-0.3, -0.25) is 13.9 Å². The van der Waals surface area contributed by atoms with Crippen LogP contribution >= 0.6 is 34.8 Å². The normalized spacial score (nSPS) is 12.4. The summed E-state index contributed by atoms with van der Waals surface area (Å²) in [5.74, 6) is -0.751. The third kappa shape index (κ3) is 8.00. The molecule has 0 aliphatic carbocycles. The van der Waals surface area contributed by atoms with Gasteiger partial charge in [-0.1, -0.05) is 54.7 Å². The van der Waals surface area contributed by atoms with Crippen molar-refractivity contribution in [1.82, 2.24) is 10.2 Å². The van der Waals surface area contributed by atoms with Crippen LogP contribution in [0.4, 0.5) is 5.69 Å². The predicted octanol–water partition coefficient (Wildman–Crippen LogP) is 4.91. The fourth-order valence-electron chi connectivity index (χ4n) is 3.38. The smallest absolute Gasteiger partial charge is 0.244 e. The SMILES string of the molecule is Cc1cc(Cl)ccc1N(CC(=O)N(Cc1c(Cl)cccc1Cl)[C@H](C)C(=O)NCC(C)C)S(C)(=O)=O. The maximum atomic E-state index is 13.6. The van der Waals surface area contributed by atoms with E-state index in [2.05, 4.69) is 5.32 Å². The predicted molar refractivity (Wildman–Crippen MR) is 143 cm³/mol. The second kappa shape index (κ2) is 12.3. The van der Waals surface area contributed by atoms with E-state index >= 15 is 0 Å². The summed E-state index contributed by atoms with van der Waals surface area (Å²) in [4.78, 5) is 27.8. The first-order valence-electron chi connectivity index (χ1n) is 11.0. The Balaban J connectivity index is 2.46. The largest absolute Gasteiger partial charge is 0.354 e. The van der Waals surface area contributed by atoms with Crippen LogP contribution in [0.1, 0.15) is 31.9 Å². The van der Waals surface area contributed by atoms with Gasteiger partial charge in [0.05, 0.1) is 11.9 Å². The number of nitrogens with zero attached hydrogens (tertiary/aromatic N) is 2. The Morgan fingerprint density at radius 1 is 1.03 bits per heavy atom. The molecule has 0 radical (unpaired) electrons. The topological polar surface area (TPSA) is 86.8 Å². The van der Waals surface area contributed by atoms with Crippen molar-refractivity contribution < 1.29 is 18.0 Å². The summed E-state index contributed by atoms with van der Waals surface area (Å²) < 4.78 is 26.4. The highest BCUT2D eigenvalue weighted by molar-refractivity contribution is 7.92. The van der Waals surface area contributed by atoms with Gasteiger partial charge in [-0.05, 0) is 55.7 Å². The Kier molecular flexibility index (Phi) is 10.3.